The van der Waals surface area contributed by atoms with E-state index in [2.05, 4.69) is 21.9 Å². The van der Waals surface area contributed by atoms with Gasteiger partial charge in [-0.3, -0.25) is 19.1 Å². The molecule has 0 aliphatic carbocycles. The minimum Gasteiger partial charge on any atom is -0.462 e. The number of esters is 1. The molecule has 5 unspecified atom stereocenters. The maximum atomic E-state index is 12.4. The molecule has 0 saturated carbocycles. The normalized spacial score (nSPS) is 23.5. The van der Waals surface area contributed by atoms with E-state index in [1.807, 2.05) is 6.07 Å². The van der Waals surface area contributed by atoms with Gasteiger partial charge in [-0.05, 0) is 51.6 Å². The van der Waals surface area contributed by atoms with Crippen LogP contribution in [0.3, 0.4) is 0 Å². The Balaban J connectivity index is 1.81. The van der Waals surface area contributed by atoms with Crippen LogP contribution in [0.15, 0.2) is 52.2 Å². The highest BCUT2D eigenvalue weighted by atomic mass is 32.5. The Bertz CT molecular complexity index is 1320. The summed E-state index contributed by atoms with van der Waals surface area (Å²) in [6, 6.07) is 9.05. The molecule has 1 fully saturated rings. The smallest absolute Gasteiger partial charge is 0.330 e. The molecule has 0 radical (unpaired) electrons. The molecule has 5 atom stereocenters. The van der Waals surface area contributed by atoms with Crippen molar-refractivity contribution in [2.45, 2.75) is 64.2 Å². The lowest BCUT2D eigenvalue weighted by molar-refractivity contribution is -0.149. The summed E-state index contributed by atoms with van der Waals surface area (Å²) in [6.45, 7) is 3.11. The highest BCUT2D eigenvalue weighted by Crippen LogP contribution is 2.47. The first-order chi connectivity index (χ1) is 17.4. The van der Waals surface area contributed by atoms with Crippen LogP contribution in [0.1, 0.15) is 40.3 Å². The fourth-order valence-electron chi connectivity index (χ4n) is 3.64. The zero-order valence-corrected chi connectivity index (χ0v) is 22.6. The van der Waals surface area contributed by atoms with Gasteiger partial charge < -0.3 is 23.6 Å². The minimum atomic E-state index is -3.34. The third kappa shape index (κ3) is 7.61. The van der Waals surface area contributed by atoms with Crippen molar-refractivity contribution >= 4 is 24.4 Å². The second kappa shape index (κ2) is 12.2. The second-order valence-electron chi connectivity index (χ2n) is 8.67. The third-order valence-electron chi connectivity index (χ3n) is 5.17. The molecule has 1 saturated heterocycles. The predicted octanol–water partition coefficient (Wildman–Crippen LogP) is 1.83. The van der Waals surface area contributed by atoms with Gasteiger partial charge in [-0.25, -0.2) is 9.88 Å². The predicted molar refractivity (Wildman–Crippen MR) is 139 cm³/mol. The van der Waals surface area contributed by atoms with Gasteiger partial charge in [0.25, 0.3) is 5.56 Å². The van der Waals surface area contributed by atoms with E-state index in [-0.39, 0.29) is 19.1 Å². The Labute approximate surface area is 219 Å². The summed E-state index contributed by atoms with van der Waals surface area (Å²) >= 11 is 5.70. The van der Waals surface area contributed by atoms with Gasteiger partial charge in [-0.1, -0.05) is 24.1 Å². The van der Waals surface area contributed by atoms with Crippen LogP contribution in [0.5, 0.6) is 5.75 Å². The molecule has 0 spiro atoms. The van der Waals surface area contributed by atoms with E-state index in [4.69, 9.17) is 30.3 Å². The Morgan fingerprint density at radius 2 is 2.03 bits per heavy atom. The molecule has 3 N–H and O–H groups in total. The van der Waals surface area contributed by atoms with Gasteiger partial charge in [0.15, 0.2) is 11.8 Å². The highest BCUT2D eigenvalue weighted by Gasteiger charge is 2.48. The maximum absolute atomic E-state index is 12.4. The Hall–Kier alpha value is -2.78. The van der Waals surface area contributed by atoms with Gasteiger partial charge in [-0.15, -0.1) is 5.92 Å². The number of aromatic nitrogens is 2. The number of carbonyl (C=O) groups is 1. The van der Waals surface area contributed by atoms with Crippen LogP contribution in [0.2, 0.25) is 0 Å². The van der Waals surface area contributed by atoms with E-state index < -0.39 is 47.8 Å². The molecule has 0 bridgehead atoms. The lowest BCUT2D eigenvalue weighted by Gasteiger charge is -2.27. The number of hydrogen-bond acceptors (Lipinski definition) is 9. The molecule has 37 heavy (non-hydrogen) atoms. The van der Waals surface area contributed by atoms with Crippen molar-refractivity contribution in [2.24, 2.45) is 0 Å². The molecule has 3 rings (SSSR count). The number of nitrogens with one attached hydrogen (secondary N) is 2. The molecule has 0 amide bonds. The second-order valence-corrected chi connectivity index (χ2v) is 11.8. The van der Waals surface area contributed by atoms with Crippen LogP contribution in [0, 0.1) is 11.8 Å². The first-order valence-electron chi connectivity index (χ1n) is 11.6. The van der Waals surface area contributed by atoms with E-state index >= 15 is 0 Å². The number of carbonyl (C=O) groups excluding carboxylic acids is 1. The van der Waals surface area contributed by atoms with Gasteiger partial charge in [0, 0.05) is 18.7 Å². The van der Waals surface area contributed by atoms with Crippen molar-refractivity contribution in [2.75, 3.05) is 6.61 Å². The fraction of sp³-hybridized carbons (Fsp3) is 0.458. The first-order valence-corrected chi connectivity index (χ1v) is 14.2. The molecule has 200 valence electrons. The summed E-state index contributed by atoms with van der Waals surface area (Å²) < 4.78 is 24.2. The number of nitrogens with zero attached hydrogens (tertiary/aromatic N) is 1. The van der Waals surface area contributed by atoms with Gasteiger partial charge in [0.2, 0.25) is 0 Å². The Morgan fingerprint density at radius 1 is 1.32 bits per heavy atom. The fourth-order valence-corrected chi connectivity index (χ4v) is 6.08. The van der Waals surface area contributed by atoms with Crippen molar-refractivity contribution in [3.63, 3.8) is 0 Å². The van der Waals surface area contributed by atoms with Crippen molar-refractivity contribution in [3.05, 3.63) is 63.4 Å². The lowest BCUT2D eigenvalue weighted by atomic mass is 9.98. The quantitative estimate of drug-likeness (QED) is 0.228. The van der Waals surface area contributed by atoms with Gasteiger partial charge >= 0.3 is 18.3 Å². The Kier molecular flexibility index (Phi) is 9.47. The monoisotopic (exact) mass is 551 g/mol. The summed E-state index contributed by atoms with van der Waals surface area (Å²) in [5.74, 6) is 5.25. The van der Waals surface area contributed by atoms with Crippen molar-refractivity contribution in [3.8, 4) is 17.6 Å². The van der Waals surface area contributed by atoms with Crippen LogP contribution in [-0.4, -0.2) is 51.1 Å². The summed E-state index contributed by atoms with van der Waals surface area (Å²) in [5.41, 5.74) is -3.08. The molecule has 1 aromatic heterocycles. The number of rotatable bonds is 10. The van der Waals surface area contributed by atoms with Crippen molar-refractivity contribution in [1.82, 2.24) is 14.6 Å². The number of benzene rings is 1. The summed E-state index contributed by atoms with van der Waals surface area (Å²) in [6.07, 6.45) is -1.07. The van der Waals surface area contributed by atoms with Gasteiger partial charge in [-0.2, -0.15) is 0 Å². The van der Waals surface area contributed by atoms with Crippen LogP contribution in [0.4, 0.5) is 0 Å². The minimum absolute atomic E-state index is 0.0182. The molecule has 11 nitrogen and oxygen atoms in total. The van der Waals surface area contributed by atoms with E-state index in [9.17, 15) is 19.5 Å². The number of H-pyrrole nitrogens is 1. The van der Waals surface area contributed by atoms with E-state index in [0.29, 0.717) is 5.75 Å². The topological polar surface area (TPSA) is 141 Å². The zero-order chi connectivity index (χ0) is 27.2. The molecule has 1 aliphatic rings. The number of ether oxygens (including phenoxy) is 2. The van der Waals surface area contributed by atoms with Crippen molar-refractivity contribution in [1.29, 1.82) is 0 Å². The van der Waals surface area contributed by atoms with E-state index in [1.165, 1.54) is 6.20 Å². The largest absolute Gasteiger partial charge is 0.462 e. The average Bonchev–Trinajstić information content (AvgIpc) is 3.14. The molecule has 1 aliphatic heterocycles. The summed E-state index contributed by atoms with van der Waals surface area (Å²) in [7, 11) is 0. The van der Waals surface area contributed by atoms with Gasteiger partial charge in [0.05, 0.1) is 18.8 Å². The first kappa shape index (κ1) is 28.8. The molecular formula is C24H30N3O8PS. The van der Waals surface area contributed by atoms with Crippen LogP contribution in [0.25, 0.3) is 0 Å². The maximum Gasteiger partial charge on any atom is 0.330 e. The van der Waals surface area contributed by atoms with E-state index in [0.717, 1.165) is 10.6 Å². The number of hydrogen-bond donors (Lipinski definition) is 3. The number of aromatic amines is 1. The summed E-state index contributed by atoms with van der Waals surface area (Å²) in [5, 5.41) is 14.1. The van der Waals surface area contributed by atoms with E-state index in [1.54, 1.807) is 52.0 Å². The average molecular weight is 552 g/mol. The Morgan fingerprint density at radius 3 is 2.65 bits per heavy atom. The number of aliphatic hydroxyl groups is 1. The standard InChI is InChI=1S/C24H30N3O8PS/c1-5-12-24(31)14-19(34-22(24)27-13-11-20(28)25-23(27)30)15-32-36(37,35-18-9-7-6-8-10-18)26-17(4)21(29)33-16(2)3/h6-11,13,16-17,19,22,31H,14-15H2,1-4H3,(H,26,37)(H,25,28,30). The molecule has 13 heteroatoms. The third-order valence-corrected chi connectivity index (χ3v) is 7.67. The zero-order valence-electron chi connectivity index (χ0n) is 20.9. The molecule has 2 aromatic rings. The van der Waals surface area contributed by atoms with Crippen LogP contribution >= 0.6 is 6.64 Å². The highest BCUT2D eigenvalue weighted by molar-refractivity contribution is 8.09. The van der Waals surface area contributed by atoms with Crippen LogP contribution < -0.4 is 20.9 Å². The molecular weight excluding hydrogens is 521 g/mol. The molecule has 1 aromatic carbocycles. The SMILES string of the molecule is CC#CC1(O)CC(COP(=S)(NC(C)C(=O)OC(C)C)Oc2ccccc2)OC1n1ccc(=O)[nH]c1=O. The number of para-hydroxylation sites is 1. The van der Waals surface area contributed by atoms with Crippen LogP contribution in [-0.2, 0) is 30.6 Å². The van der Waals surface area contributed by atoms with Gasteiger partial charge in [0.1, 0.15) is 11.8 Å². The van der Waals surface area contributed by atoms with Crippen molar-refractivity contribution < 1.29 is 28.4 Å². The summed E-state index contributed by atoms with van der Waals surface area (Å²) in [4.78, 5) is 38.4. The molecule has 2 heterocycles. The lowest BCUT2D eigenvalue weighted by Crippen LogP contribution is -2.41.